The molecule has 6 heteroatoms. The first-order valence-electron chi connectivity index (χ1n) is 5.48. The molecular formula is C13H11ClN2O2S. The van der Waals surface area contributed by atoms with Gasteiger partial charge in [-0.15, -0.1) is 11.3 Å². The fraction of sp³-hybridized carbons (Fsp3) is 0.0769. The molecule has 1 heterocycles. The van der Waals surface area contributed by atoms with E-state index in [9.17, 15) is 9.59 Å². The van der Waals surface area contributed by atoms with Gasteiger partial charge in [-0.3, -0.25) is 9.59 Å². The number of nitrogens with two attached hydrogens (primary N) is 1. The molecule has 1 aromatic heterocycles. The van der Waals surface area contributed by atoms with E-state index in [2.05, 4.69) is 5.32 Å². The van der Waals surface area contributed by atoms with Crippen LogP contribution in [0.4, 0.5) is 5.69 Å². The van der Waals surface area contributed by atoms with E-state index in [0.29, 0.717) is 15.6 Å². The minimum Gasteiger partial charge on any atom is -0.366 e. The number of hydrogen-bond donors (Lipinski definition) is 2. The Kier molecular flexibility index (Phi) is 4.19. The van der Waals surface area contributed by atoms with Gasteiger partial charge in [-0.2, -0.15) is 0 Å². The number of rotatable bonds is 4. The van der Waals surface area contributed by atoms with Gasteiger partial charge in [0.15, 0.2) is 0 Å². The molecule has 3 N–H and O–H groups in total. The van der Waals surface area contributed by atoms with Crippen LogP contribution in [0, 0.1) is 0 Å². The van der Waals surface area contributed by atoms with Crippen molar-refractivity contribution in [2.45, 2.75) is 6.42 Å². The van der Waals surface area contributed by atoms with Crippen molar-refractivity contribution in [2.24, 2.45) is 5.73 Å². The minimum atomic E-state index is -0.494. The van der Waals surface area contributed by atoms with Crippen molar-refractivity contribution < 1.29 is 9.59 Å². The summed E-state index contributed by atoms with van der Waals surface area (Å²) < 4.78 is 0.661. The minimum absolute atomic E-state index is 0.134. The Hall–Kier alpha value is -1.85. The maximum atomic E-state index is 11.8. The Balaban J connectivity index is 1.97. The molecule has 0 atom stereocenters. The van der Waals surface area contributed by atoms with Crippen LogP contribution in [0.25, 0.3) is 0 Å². The molecule has 0 saturated carbocycles. The number of primary amides is 1. The third-order valence-corrected chi connectivity index (χ3v) is 3.65. The number of anilines is 1. The lowest BCUT2D eigenvalue weighted by molar-refractivity contribution is -0.115. The number of thiophene rings is 1. The van der Waals surface area contributed by atoms with Gasteiger partial charge in [-0.05, 0) is 36.4 Å². The van der Waals surface area contributed by atoms with Crippen molar-refractivity contribution >= 4 is 40.4 Å². The van der Waals surface area contributed by atoms with Crippen LogP contribution in [0.1, 0.15) is 15.2 Å². The normalized spacial score (nSPS) is 10.2. The number of halogens is 1. The first-order chi connectivity index (χ1) is 9.04. The second-order valence-corrected chi connectivity index (χ2v) is 5.67. The smallest absolute Gasteiger partial charge is 0.248 e. The average Bonchev–Trinajstić information content (AvgIpc) is 2.75. The van der Waals surface area contributed by atoms with Crippen LogP contribution in [0.2, 0.25) is 4.34 Å². The lowest BCUT2D eigenvalue weighted by Gasteiger charge is -2.04. The molecule has 2 aromatic rings. The van der Waals surface area contributed by atoms with Crippen LogP contribution in [-0.4, -0.2) is 11.8 Å². The highest BCUT2D eigenvalue weighted by Crippen LogP contribution is 2.22. The van der Waals surface area contributed by atoms with Crippen LogP contribution >= 0.6 is 22.9 Å². The summed E-state index contributed by atoms with van der Waals surface area (Å²) in [6, 6.07) is 10.00. The maximum Gasteiger partial charge on any atom is 0.248 e. The van der Waals surface area contributed by atoms with Crippen molar-refractivity contribution in [2.75, 3.05) is 5.32 Å². The summed E-state index contributed by atoms with van der Waals surface area (Å²) in [5.41, 5.74) is 6.16. The Morgan fingerprint density at radius 2 is 1.84 bits per heavy atom. The molecule has 2 amide bonds. The van der Waals surface area contributed by atoms with Crippen LogP contribution in [0.3, 0.4) is 0 Å². The second kappa shape index (κ2) is 5.86. The molecule has 0 fully saturated rings. The van der Waals surface area contributed by atoms with E-state index in [1.165, 1.54) is 11.3 Å². The van der Waals surface area contributed by atoms with Crippen LogP contribution < -0.4 is 11.1 Å². The van der Waals surface area contributed by atoms with Crippen molar-refractivity contribution in [3.05, 3.63) is 51.2 Å². The van der Waals surface area contributed by atoms with Gasteiger partial charge in [0.1, 0.15) is 0 Å². The van der Waals surface area contributed by atoms with Crippen molar-refractivity contribution in [3.63, 3.8) is 0 Å². The van der Waals surface area contributed by atoms with Gasteiger partial charge >= 0.3 is 0 Å². The number of carbonyl (C=O) groups is 2. The molecule has 4 nitrogen and oxygen atoms in total. The number of nitrogens with one attached hydrogen (secondary N) is 1. The summed E-state index contributed by atoms with van der Waals surface area (Å²) in [6.45, 7) is 0. The fourth-order valence-electron chi connectivity index (χ4n) is 1.53. The first kappa shape index (κ1) is 13.6. The molecule has 98 valence electrons. The van der Waals surface area contributed by atoms with E-state index >= 15 is 0 Å². The van der Waals surface area contributed by atoms with Gasteiger partial charge in [0, 0.05) is 16.1 Å². The van der Waals surface area contributed by atoms with E-state index in [1.54, 1.807) is 30.3 Å². The second-order valence-electron chi connectivity index (χ2n) is 3.87. The van der Waals surface area contributed by atoms with Crippen molar-refractivity contribution in [1.82, 2.24) is 0 Å². The predicted molar refractivity (Wildman–Crippen MR) is 76.6 cm³/mol. The molecule has 19 heavy (non-hydrogen) atoms. The largest absolute Gasteiger partial charge is 0.366 e. The van der Waals surface area contributed by atoms with Crippen LogP contribution in [-0.2, 0) is 11.2 Å². The summed E-state index contributed by atoms with van der Waals surface area (Å²) in [7, 11) is 0. The summed E-state index contributed by atoms with van der Waals surface area (Å²) in [5, 5.41) is 2.74. The predicted octanol–water partition coefficient (Wildman–Crippen LogP) is 2.68. The molecule has 0 aliphatic rings. The quantitative estimate of drug-likeness (QED) is 0.910. The molecule has 0 spiro atoms. The third-order valence-electron chi connectivity index (χ3n) is 2.42. The Morgan fingerprint density at radius 1 is 1.16 bits per heavy atom. The molecule has 0 aliphatic heterocycles. The highest BCUT2D eigenvalue weighted by molar-refractivity contribution is 7.16. The first-order valence-corrected chi connectivity index (χ1v) is 6.68. The topological polar surface area (TPSA) is 72.2 Å². The highest BCUT2D eigenvalue weighted by atomic mass is 35.5. The molecule has 2 rings (SSSR count). The number of hydrogen-bond acceptors (Lipinski definition) is 3. The van der Waals surface area contributed by atoms with Crippen LogP contribution in [0.5, 0.6) is 0 Å². The third kappa shape index (κ3) is 3.81. The molecule has 1 aromatic carbocycles. The molecule has 0 saturated heterocycles. The van der Waals surface area contributed by atoms with Crippen LogP contribution in [0.15, 0.2) is 36.4 Å². The lowest BCUT2D eigenvalue weighted by atomic mass is 10.2. The highest BCUT2D eigenvalue weighted by Gasteiger charge is 2.07. The Morgan fingerprint density at radius 3 is 2.37 bits per heavy atom. The summed E-state index contributed by atoms with van der Waals surface area (Å²) in [4.78, 5) is 23.6. The van der Waals surface area contributed by atoms with Gasteiger partial charge in [-0.25, -0.2) is 0 Å². The fourth-order valence-corrected chi connectivity index (χ4v) is 2.61. The number of carbonyl (C=O) groups excluding carboxylic acids is 2. The molecule has 0 unspecified atom stereocenters. The summed E-state index contributed by atoms with van der Waals surface area (Å²) >= 11 is 7.17. The van der Waals surface area contributed by atoms with Crippen molar-refractivity contribution in [1.29, 1.82) is 0 Å². The molecule has 0 bridgehead atoms. The summed E-state index contributed by atoms with van der Waals surface area (Å²) in [6.07, 6.45) is 0.273. The monoisotopic (exact) mass is 294 g/mol. The lowest BCUT2D eigenvalue weighted by Crippen LogP contribution is -2.14. The Labute approximate surface area is 119 Å². The van der Waals surface area contributed by atoms with E-state index in [4.69, 9.17) is 17.3 Å². The standard InChI is InChI=1S/C13H11ClN2O2S/c14-11-6-5-10(19-11)7-12(17)16-9-3-1-8(2-4-9)13(15)18/h1-6H,7H2,(H2,15,18)(H,16,17). The van der Waals surface area contributed by atoms with E-state index in [1.807, 2.05) is 6.07 Å². The Bertz CT molecular complexity index is 607. The van der Waals surface area contributed by atoms with Gasteiger partial charge < -0.3 is 11.1 Å². The zero-order chi connectivity index (χ0) is 13.8. The van der Waals surface area contributed by atoms with Gasteiger partial charge in [-0.1, -0.05) is 11.6 Å². The van der Waals surface area contributed by atoms with E-state index in [-0.39, 0.29) is 12.3 Å². The van der Waals surface area contributed by atoms with Gasteiger partial charge in [0.2, 0.25) is 11.8 Å². The van der Waals surface area contributed by atoms with Gasteiger partial charge in [0.05, 0.1) is 10.8 Å². The zero-order valence-electron chi connectivity index (χ0n) is 9.85. The number of amides is 2. The van der Waals surface area contributed by atoms with E-state index in [0.717, 1.165) is 4.88 Å². The SMILES string of the molecule is NC(=O)c1ccc(NC(=O)Cc2ccc(Cl)s2)cc1. The molecule has 0 radical (unpaired) electrons. The number of benzene rings is 1. The van der Waals surface area contributed by atoms with Gasteiger partial charge in [0.25, 0.3) is 0 Å². The molecular weight excluding hydrogens is 284 g/mol. The molecule has 0 aliphatic carbocycles. The maximum absolute atomic E-state index is 11.8. The van der Waals surface area contributed by atoms with Crippen molar-refractivity contribution in [3.8, 4) is 0 Å². The van der Waals surface area contributed by atoms with E-state index < -0.39 is 5.91 Å². The zero-order valence-corrected chi connectivity index (χ0v) is 11.4. The average molecular weight is 295 g/mol. The summed E-state index contributed by atoms with van der Waals surface area (Å²) in [5.74, 6) is -0.628.